The third-order valence-corrected chi connectivity index (χ3v) is 8.07. The van der Waals surface area contributed by atoms with E-state index in [-0.39, 0.29) is 36.2 Å². The molecular formula is C33H35N3O11. The smallest absolute Gasteiger partial charge is 0.336 e. The molecule has 3 fully saturated rings. The molecular weight excluding hydrogens is 614 g/mol. The molecule has 2 aromatic heterocycles. The Bertz CT molecular complexity index is 1920. The van der Waals surface area contributed by atoms with Crippen LogP contribution in [0, 0.1) is 0 Å². The Morgan fingerprint density at radius 3 is 1.62 bits per heavy atom. The number of ether oxygens (including phenoxy) is 6. The van der Waals surface area contributed by atoms with Crippen molar-refractivity contribution in [3.63, 3.8) is 0 Å². The van der Waals surface area contributed by atoms with Crippen LogP contribution in [0.1, 0.15) is 33.6 Å². The standard InChI is InChI=1S/C18H20N2O5.C15H15NO6/c1-23-12-4-5-13-14(18(22)19-11-2-3-11)9-16(21)20(15(13)8-12)10-17-24-6-7-25-17;1-20-9-2-3-10-11(15(18)19)7-13(17)16(12(10)6-9)8-14-21-4-5-22-14/h4-5,8-9,11,17H,2-3,6-7,10H2,1H3,(H,19,22);2-3,6-7,14H,4-5,8H2,1H3,(H,18,19). The van der Waals surface area contributed by atoms with Crippen LogP contribution in [0.25, 0.3) is 21.8 Å². The molecule has 4 aromatic rings. The molecule has 14 heteroatoms. The monoisotopic (exact) mass is 649 g/mol. The second-order valence-corrected chi connectivity index (χ2v) is 11.2. The number of amides is 1. The number of benzene rings is 2. The van der Waals surface area contributed by atoms with Gasteiger partial charge in [0.15, 0.2) is 12.6 Å². The molecule has 0 spiro atoms. The number of aromatic nitrogens is 2. The summed E-state index contributed by atoms with van der Waals surface area (Å²) in [5.74, 6) is -0.201. The number of nitrogens with zero attached hydrogens (tertiary/aromatic N) is 2. The molecule has 47 heavy (non-hydrogen) atoms. The van der Waals surface area contributed by atoms with Crippen LogP contribution in [0.2, 0.25) is 0 Å². The average Bonchev–Trinajstić information content (AvgIpc) is 3.47. The van der Waals surface area contributed by atoms with Gasteiger partial charge in [-0.2, -0.15) is 0 Å². The summed E-state index contributed by atoms with van der Waals surface area (Å²) in [7, 11) is 3.07. The van der Waals surface area contributed by atoms with Crippen LogP contribution in [0.15, 0.2) is 58.1 Å². The van der Waals surface area contributed by atoms with Gasteiger partial charge in [0.25, 0.3) is 17.0 Å². The van der Waals surface area contributed by atoms with Gasteiger partial charge in [-0.3, -0.25) is 14.4 Å². The van der Waals surface area contributed by atoms with E-state index in [9.17, 15) is 24.3 Å². The second-order valence-electron chi connectivity index (χ2n) is 11.2. The molecule has 1 amide bonds. The molecule has 0 unspecified atom stereocenters. The van der Waals surface area contributed by atoms with Crippen molar-refractivity contribution in [2.75, 3.05) is 40.6 Å². The second kappa shape index (κ2) is 13.9. The van der Waals surface area contributed by atoms with Crippen LogP contribution < -0.4 is 25.9 Å². The summed E-state index contributed by atoms with van der Waals surface area (Å²) in [6.07, 6.45) is 1.01. The quantitative estimate of drug-likeness (QED) is 0.273. The lowest BCUT2D eigenvalue weighted by Crippen LogP contribution is -2.31. The minimum Gasteiger partial charge on any atom is -0.497 e. The Hall–Kier alpha value is -4.76. The Kier molecular flexibility index (Phi) is 9.54. The summed E-state index contributed by atoms with van der Waals surface area (Å²) < 4.78 is 35.1. The van der Waals surface area contributed by atoms with E-state index in [0.717, 1.165) is 18.9 Å². The molecule has 0 radical (unpaired) electrons. The van der Waals surface area contributed by atoms with Gasteiger partial charge in [-0.1, -0.05) is 0 Å². The number of fused-ring (bicyclic) bond motifs is 2. The van der Waals surface area contributed by atoms with Gasteiger partial charge >= 0.3 is 5.97 Å². The molecule has 2 saturated heterocycles. The van der Waals surface area contributed by atoms with Crippen molar-refractivity contribution in [2.24, 2.45) is 0 Å². The maximum atomic E-state index is 12.7. The minimum atomic E-state index is -1.15. The molecule has 1 saturated carbocycles. The predicted octanol–water partition coefficient (Wildman–Crippen LogP) is 2.36. The summed E-state index contributed by atoms with van der Waals surface area (Å²) in [6, 6.07) is 13.0. The van der Waals surface area contributed by atoms with Gasteiger partial charge < -0.3 is 48.0 Å². The number of hydrogen-bond acceptors (Lipinski definition) is 10. The van der Waals surface area contributed by atoms with Crippen LogP contribution in [-0.4, -0.2) is 85.4 Å². The highest BCUT2D eigenvalue weighted by atomic mass is 16.7. The van der Waals surface area contributed by atoms with Crippen molar-refractivity contribution in [1.29, 1.82) is 0 Å². The first-order valence-electron chi connectivity index (χ1n) is 15.2. The Labute approximate surface area is 268 Å². The third-order valence-electron chi connectivity index (χ3n) is 8.07. The number of rotatable bonds is 9. The topological polar surface area (TPSA) is 166 Å². The normalized spacial score (nSPS) is 16.6. The lowest BCUT2D eigenvalue weighted by molar-refractivity contribution is -0.0525. The lowest BCUT2D eigenvalue weighted by atomic mass is 10.1. The zero-order chi connectivity index (χ0) is 33.1. The molecule has 2 aliphatic heterocycles. The first-order chi connectivity index (χ1) is 22.7. The third kappa shape index (κ3) is 7.15. The summed E-state index contributed by atoms with van der Waals surface area (Å²) in [5, 5.41) is 13.4. The van der Waals surface area contributed by atoms with Gasteiger partial charge in [0.1, 0.15) is 11.5 Å². The Morgan fingerprint density at radius 2 is 1.19 bits per heavy atom. The van der Waals surface area contributed by atoms with Gasteiger partial charge in [-0.05, 0) is 37.1 Å². The maximum absolute atomic E-state index is 12.7. The van der Waals surface area contributed by atoms with Crippen LogP contribution in [-0.2, 0) is 32.0 Å². The molecule has 3 aliphatic rings. The number of methoxy groups -OCH3 is 2. The fraction of sp³-hybridized carbons (Fsp3) is 0.394. The zero-order valence-electron chi connectivity index (χ0n) is 25.9. The summed E-state index contributed by atoms with van der Waals surface area (Å²) in [6.45, 7) is 2.46. The van der Waals surface area contributed by atoms with E-state index in [1.54, 1.807) is 42.0 Å². The maximum Gasteiger partial charge on any atom is 0.336 e. The molecule has 4 heterocycles. The zero-order valence-corrected chi connectivity index (χ0v) is 25.9. The fourth-order valence-electron chi connectivity index (χ4n) is 5.53. The number of pyridine rings is 2. The summed E-state index contributed by atoms with van der Waals surface area (Å²) >= 11 is 0. The number of nitrogens with one attached hydrogen (secondary N) is 1. The first-order valence-corrected chi connectivity index (χ1v) is 15.2. The first kappa shape index (κ1) is 32.2. The van der Waals surface area contributed by atoms with E-state index in [2.05, 4.69) is 5.32 Å². The molecule has 0 bridgehead atoms. The highest BCUT2D eigenvalue weighted by Crippen LogP contribution is 2.26. The summed E-state index contributed by atoms with van der Waals surface area (Å²) in [4.78, 5) is 48.9. The van der Waals surface area contributed by atoms with Crippen LogP contribution in [0.5, 0.6) is 11.5 Å². The van der Waals surface area contributed by atoms with Gasteiger partial charge in [0.05, 0.1) is 75.9 Å². The van der Waals surface area contributed by atoms with Crippen molar-refractivity contribution in [3.05, 3.63) is 80.4 Å². The Morgan fingerprint density at radius 1 is 0.745 bits per heavy atom. The van der Waals surface area contributed by atoms with E-state index in [0.29, 0.717) is 65.3 Å². The highest BCUT2D eigenvalue weighted by molar-refractivity contribution is 6.06. The van der Waals surface area contributed by atoms with E-state index >= 15 is 0 Å². The molecule has 2 N–H and O–H groups in total. The van der Waals surface area contributed by atoms with E-state index in [1.165, 1.54) is 17.7 Å². The van der Waals surface area contributed by atoms with Crippen molar-refractivity contribution in [2.45, 2.75) is 44.6 Å². The number of hydrogen-bond donors (Lipinski definition) is 2. The minimum absolute atomic E-state index is 0.0350. The van der Waals surface area contributed by atoms with Crippen molar-refractivity contribution in [3.8, 4) is 11.5 Å². The number of carboxylic acid groups (broad SMARTS) is 1. The van der Waals surface area contributed by atoms with Gasteiger partial charge in [-0.15, -0.1) is 0 Å². The molecule has 7 rings (SSSR count). The highest BCUT2D eigenvalue weighted by Gasteiger charge is 2.26. The van der Waals surface area contributed by atoms with Crippen LogP contribution in [0.3, 0.4) is 0 Å². The van der Waals surface area contributed by atoms with Crippen molar-refractivity contribution in [1.82, 2.24) is 14.5 Å². The van der Waals surface area contributed by atoms with E-state index < -0.39 is 24.1 Å². The van der Waals surface area contributed by atoms with Gasteiger partial charge in [0.2, 0.25) is 0 Å². The predicted molar refractivity (Wildman–Crippen MR) is 168 cm³/mol. The number of carboxylic acids is 1. The number of carbonyl (C=O) groups is 2. The SMILES string of the molecule is COc1ccc2c(C(=O)NC3CC3)cc(=O)n(CC3OCCO3)c2c1.COc1ccc2c(C(=O)O)cc(=O)n(CC3OCCO3)c2c1. The molecule has 14 nitrogen and oxygen atoms in total. The van der Waals surface area contributed by atoms with Gasteiger partial charge in [0, 0.05) is 41.1 Å². The van der Waals surface area contributed by atoms with Gasteiger partial charge in [-0.25, -0.2) is 4.79 Å². The largest absolute Gasteiger partial charge is 0.497 e. The molecule has 248 valence electrons. The van der Waals surface area contributed by atoms with E-state index in [4.69, 9.17) is 28.4 Å². The molecule has 0 atom stereocenters. The van der Waals surface area contributed by atoms with Crippen LogP contribution in [0.4, 0.5) is 0 Å². The molecule has 2 aromatic carbocycles. The van der Waals surface area contributed by atoms with Crippen LogP contribution >= 0.6 is 0 Å². The Balaban J connectivity index is 0.000000166. The number of carbonyl (C=O) groups excluding carboxylic acids is 1. The average molecular weight is 650 g/mol. The lowest BCUT2D eigenvalue weighted by Gasteiger charge is -2.17. The summed E-state index contributed by atoms with van der Waals surface area (Å²) in [5.41, 5.74) is 0.777. The van der Waals surface area contributed by atoms with E-state index in [1.807, 2.05) is 6.07 Å². The van der Waals surface area contributed by atoms with Crippen molar-refractivity contribution < 1.29 is 43.1 Å². The van der Waals surface area contributed by atoms with Crippen molar-refractivity contribution >= 4 is 33.7 Å². The fourth-order valence-corrected chi connectivity index (χ4v) is 5.53. The molecule has 1 aliphatic carbocycles. The number of aromatic carboxylic acids is 1.